The molecule has 0 amide bonds. The van der Waals surface area contributed by atoms with Crippen molar-refractivity contribution in [1.82, 2.24) is 0 Å². The van der Waals surface area contributed by atoms with Crippen LogP contribution in [0.3, 0.4) is 0 Å². The van der Waals surface area contributed by atoms with Crippen molar-refractivity contribution in [1.29, 1.82) is 0 Å². The van der Waals surface area contributed by atoms with Crippen LogP contribution in [0.5, 0.6) is 0 Å². The summed E-state index contributed by atoms with van der Waals surface area (Å²) >= 11 is 0. The molecule has 0 aliphatic carbocycles. The van der Waals surface area contributed by atoms with Gasteiger partial charge in [0.25, 0.3) is 0 Å². The molecule has 1 rings (SSSR count). The summed E-state index contributed by atoms with van der Waals surface area (Å²) in [7, 11) is 0.0613. The van der Waals surface area contributed by atoms with Crippen LogP contribution in [0.15, 0.2) is 0 Å². The van der Waals surface area contributed by atoms with Crippen LogP contribution in [-0.4, -0.2) is 19.8 Å². The molecule has 0 N–H and O–H groups in total. The van der Waals surface area contributed by atoms with Gasteiger partial charge in [0.15, 0.2) is 0 Å². The van der Waals surface area contributed by atoms with Gasteiger partial charge in [-0.2, -0.15) is 0 Å². The Labute approximate surface area is 69.4 Å². The van der Waals surface area contributed by atoms with E-state index in [9.17, 15) is 0 Å². The fourth-order valence-electron chi connectivity index (χ4n) is 1.19. The van der Waals surface area contributed by atoms with Crippen LogP contribution >= 0.6 is 0 Å². The predicted octanol–water partition coefficient (Wildman–Crippen LogP) is 1.96. The zero-order valence-electron chi connectivity index (χ0n) is 7.67. The first-order chi connectivity index (χ1) is 5.24. The van der Waals surface area contributed by atoms with Gasteiger partial charge in [-0.05, 0) is 13.2 Å². The van der Waals surface area contributed by atoms with E-state index in [-0.39, 0.29) is 7.12 Å². The van der Waals surface area contributed by atoms with Gasteiger partial charge in [0.1, 0.15) is 0 Å². The highest BCUT2D eigenvalue weighted by molar-refractivity contribution is 6.44. The summed E-state index contributed by atoms with van der Waals surface area (Å²) in [4.78, 5) is 0. The first-order valence-electron chi connectivity index (χ1n) is 4.51. The maximum atomic E-state index is 5.62. The highest BCUT2D eigenvalue weighted by Gasteiger charge is 2.28. The molecule has 1 aliphatic rings. The summed E-state index contributed by atoms with van der Waals surface area (Å²) in [5.41, 5.74) is 0. The first-order valence-corrected chi connectivity index (χ1v) is 4.51. The average molecular weight is 156 g/mol. The molecule has 0 bridgehead atoms. The Balaban J connectivity index is 2.28. The highest BCUT2D eigenvalue weighted by Crippen LogP contribution is 2.18. The topological polar surface area (TPSA) is 18.5 Å². The van der Waals surface area contributed by atoms with E-state index < -0.39 is 0 Å². The molecule has 0 saturated carbocycles. The second-order valence-electron chi connectivity index (χ2n) is 3.37. The third-order valence-corrected chi connectivity index (χ3v) is 2.24. The molecular formula is C8H17BO2. The van der Waals surface area contributed by atoms with E-state index in [2.05, 4.69) is 20.8 Å². The molecule has 2 nitrogen and oxygen atoms in total. The fourth-order valence-corrected chi connectivity index (χ4v) is 1.19. The maximum Gasteiger partial charge on any atom is 0.457 e. The number of rotatable bonds is 2. The molecule has 64 valence electrons. The van der Waals surface area contributed by atoms with Crippen LogP contribution in [0.1, 0.15) is 27.2 Å². The van der Waals surface area contributed by atoms with Crippen molar-refractivity contribution in [3.05, 3.63) is 0 Å². The van der Waals surface area contributed by atoms with Crippen LogP contribution in [0.4, 0.5) is 0 Å². The largest absolute Gasteiger partial charge is 0.457 e. The number of hydrogen-bond acceptors (Lipinski definition) is 2. The summed E-state index contributed by atoms with van der Waals surface area (Å²) in [5.74, 6) is 0.545. The molecule has 11 heavy (non-hydrogen) atoms. The Morgan fingerprint density at radius 3 is 2.73 bits per heavy atom. The minimum atomic E-state index is 0.0613. The lowest BCUT2D eigenvalue weighted by Crippen LogP contribution is -2.39. The lowest BCUT2D eigenvalue weighted by Gasteiger charge is -2.30. The molecule has 0 radical (unpaired) electrons. The van der Waals surface area contributed by atoms with E-state index in [1.54, 1.807) is 0 Å². The van der Waals surface area contributed by atoms with Gasteiger partial charge >= 0.3 is 7.12 Å². The third kappa shape index (κ3) is 2.49. The normalized spacial score (nSPS) is 32.5. The van der Waals surface area contributed by atoms with Gasteiger partial charge < -0.3 is 9.31 Å². The second kappa shape index (κ2) is 4.12. The molecule has 1 heterocycles. The Kier molecular flexibility index (Phi) is 3.40. The maximum absolute atomic E-state index is 5.62. The van der Waals surface area contributed by atoms with E-state index in [1.165, 1.54) is 0 Å². The smallest absolute Gasteiger partial charge is 0.411 e. The summed E-state index contributed by atoms with van der Waals surface area (Å²) in [6.45, 7) is 7.28. The molecule has 2 atom stereocenters. The van der Waals surface area contributed by atoms with Gasteiger partial charge in [-0.25, -0.2) is 0 Å². The Hall–Kier alpha value is -0.0151. The summed E-state index contributed by atoms with van der Waals surface area (Å²) in [6.07, 6.45) is 2.52. The van der Waals surface area contributed by atoms with Crippen molar-refractivity contribution >= 4 is 7.12 Å². The van der Waals surface area contributed by atoms with Crippen molar-refractivity contribution in [2.45, 2.75) is 39.6 Å². The van der Waals surface area contributed by atoms with Crippen LogP contribution in [0.25, 0.3) is 0 Å². The Bertz CT molecular complexity index is 119. The molecule has 0 aromatic carbocycles. The summed E-state index contributed by atoms with van der Waals surface area (Å²) in [5, 5.41) is 0. The zero-order valence-corrected chi connectivity index (χ0v) is 7.67. The molecule has 1 saturated heterocycles. The predicted molar refractivity (Wildman–Crippen MR) is 46.5 cm³/mol. The van der Waals surface area contributed by atoms with Crippen molar-refractivity contribution in [2.75, 3.05) is 6.61 Å². The van der Waals surface area contributed by atoms with Crippen LogP contribution in [0.2, 0.25) is 6.32 Å². The Morgan fingerprint density at radius 2 is 2.18 bits per heavy atom. The van der Waals surface area contributed by atoms with Gasteiger partial charge in [-0.3, -0.25) is 0 Å². The SMILES string of the molecule is CCCB1OC[C@@H](C)[C@H](C)O1. The molecule has 1 fully saturated rings. The van der Waals surface area contributed by atoms with Crippen molar-refractivity contribution in [3.8, 4) is 0 Å². The molecule has 0 aromatic heterocycles. The lowest BCUT2D eigenvalue weighted by atomic mass is 9.80. The van der Waals surface area contributed by atoms with Gasteiger partial charge in [0.05, 0.1) is 0 Å². The monoisotopic (exact) mass is 156 g/mol. The second-order valence-corrected chi connectivity index (χ2v) is 3.37. The average Bonchev–Trinajstić information content (AvgIpc) is 1.98. The highest BCUT2D eigenvalue weighted by atomic mass is 16.6. The van der Waals surface area contributed by atoms with Crippen molar-refractivity contribution < 1.29 is 9.31 Å². The first kappa shape index (κ1) is 9.08. The van der Waals surface area contributed by atoms with Gasteiger partial charge in [-0.15, -0.1) is 0 Å². The van der Waals surface area contributed by atoms with Crippen molar-refractivity contribution in [3.63, 3.8) is 0 Å². The summed E-state index contributed by atoms with van der Waals surface area (Å²) in [6, 6.07) is 0. The van der Waals surface area contributed by atoms with E-state index in [1.807, 2.05) is 0 Å². The lowest BCUT2D eigenvalue weighted by molar-refractivity contribution is 0.0309. The number of hydrogen-bond donors (Lipinski definition) is 0. The standard InChI is InChI=1S/C8H17BO2/c1-4-5-9-10-6-7(2)8(3)11-9/h7-8H,4-6H2,1-3H3/t7-,8+/m1/s1. The van der Waals surface area contributed by atoms with Gasteiger partial charge in [0.2, 0.25) is 0 Å². The quantitative estimate of drug-likeness (QED) is 0.569. The fraction of sp³-hybridized carbons (Fsp3) is 1.00. The third-order valence-electron chi connectivity index (χ3n) is 2.24. The molecule has 0 spiro atoms. The minimum Gasteiger partial charge on any atom is -0.411 e. The van der Waals surface area contributed by atoms with E-state index in [4.69, 9.17) is 9.31 Å². The molecular weight excluding hydrogens is 139 g/mol. The van der Waals surface area contributed by atoms with Crippen molar-refractivity contribution in [2.24, 2.45) is 5.92 Å². The zero-order chi connectivity index (χ0) is 8.27. The van der Waals surface area contributed by atoms with Crippen LogP contribution < -0.4 is 0 Å². The molecule has 1 aliphatic heterocycles. The molecule has 0 unspecified atom stereocenters. The summed E-state index contributed by atoms with van der Waals surface area (Å²) < 4.78 is 11.1. The minimum absolute atomic E-state index is 0.0613. The molecule has 0 aromatic rings. The van der Waals surface area contributed by atoms with E-state index in [0.29, 0.717) is 12.0 Å². The van der Waals surface area contributed by atoms with Gasteiger partial charge in [0, 0.05) is 18.6 Å². The van der Waals surface area contributed by atoms with Crippen LogP contribution in [0, 0.1) is 5.92 Å². The van der Waals surface area contributed by atoms with Crippen LogP contribution in [-0.2, 0) is 9.31 Å². The van der Waals surface area contributed by atoms with E-state index in [0.717, 1.165) is 19.3 Å². The molecule has 3 heteroatoms. The Morgan fingerprint density at radius 1 is 1.45 bits per heavy atom. The van der Waals surface area contributed by atoms with Gasteiger partial charge in [-0.1, -0.05) is 20.3 Å². The van der Waals surface area contributed by atoms with E-state index >= 15 is 0 Å².